The number of aliphatic hydroxyl groups is 1. The molecule has 3 nitrogen and oxygen atoms in total. The van der Waals surface area contributed by atoms with Crippen molar-refractivity contribution in [3.8, 4) is 5.75 Å². The predicted molar refractivity (Wildman–Crippen MR) is 54.2 cm³/mol. The van der Waals surface area contributed by atoms with Crippen molar-refractivity contribution in [1.82, 2.24) is 0 Å². The first kappa shape index (κ1) is 10.5. The second-order valence-electron chi connectivity index (χ2n) is 2.92. The summed E-state index contributed by atoms with van der Waals surface area (Å²) in [5.74, 6) is -0.197. The third-order valence-electron chi connectivity index (χ3n) is 1.82. The fraction of sp³-hybridized carbons (Fsp3) is 0.182. The van der Waals surface area contributed by atoms with E-state index < -0.39 is 0 Å². The van der Waals surface area contributed by atoms with Crippen molar-refractivity contribution in [3.05, 3.63) is 35.4 Å². The summed E-state index contributed by atoms with van der Waals surface area (Å²) in [4.78, 5) is 11.0. The molecule has 0 atom stereocenters. The number of aliphatic hydroxyl groups excluding tert-OH is 1. The highest BCUT2D eigenvalue weighted by Crippen LogP contribution is 2.19. The Hall–Kier alpha value is -1.61. The molecule has 0 bridgehead atoms. The van der Waals surface area contributed by atoms with Gasteiger partial charge in [-0.25, -0.2) is 0 Å². The SMILES string of the molecule is CC(=O)c1ccc(C=CCO)cc1O. The zero-order valence-corrected chi connectivity index (χ0v) is 7.90. The van der Waals surface area contributed by atoms with Gasteiger partial charge in [0.05, 0.1) is 12.2 Å². The molecule has 2 N–H and O–H groups in total. The van der Waals surface area contributed by atoms with E-state index in [4.69, 9.17) is 5.11 Å². The number of hydrogen-bond donors (Lipinski definition) is 2. The van der Waals surface area contributed by atoms with E-state index in [-0.39, 0.29) is 18.1 Å². The number of Topliss-reactive ketones (excluding diaryl/α,β-unsaturated/α-hetero) is 1. The number of hydrogen-bond acceptors (Lipinski definition) is 3. The summed E-state index contributed by atoms with van der Waals surface area (Å²) in [5, 5.41) is 18.0. The van der Waals surface area contributed by atoms with Gasteiger partial charge in [-0.05, 0) is 24.6 Å². The van der Waals surface area contributed by atoms with Gasteiger partial charge in [-0.3, -0.25) is 4.79 Å². The molecule has 0 heterocycles. The van der Waals surface area contributed by atoms with Crippen molar-refractivity contribution < 1.29 is 15.0 Å². The predicted octanol–water partition coefficient (Wildman–Crippen LogP) is 1.60. The van der Waals surface area contributed by atoms with Crippen molar-refractivity contribution in [2.75, 3.05) is 6.61 Å². The topological polar surface area (TPSA) is 57.5 Å². The van der Waals surface area contributed by atoms with Crippen molar-refractivity contribution in [2.45, 2.75) is 6.92 Å². The quantitative estimate of drug-likeness (QED) is 0.715. The third-order valence-corrected chi connectivity index (χ3v) is 1.82. The van der Waals surface area contributed by atoms with Gasteiger partial charge >= 0.3 is 0 Å². The van der Waals surface area contributed by atoms with Crippen molar-refractivity contribution in [1.29, 1.82) is 0 Å². The first-order valence-electron chi connectivity index (χ1n) is 4.26. The molecular formula is C11H12O3. The molecule has 0 aromatic heterocycles. The molecule has 0 fully saturated rings. The lowest BCUT2D eigenvalue weighted by atomic mass is 10.1. The summed E-state index contributed by atoms with van der Waals surface area (Å²) in [6.07, 6.45) is 3.23. The Bertz CT molecular complexity index is 367. The van der Waals surface area contributed by atoms with Gasteiger partial charge in [-0.15, -0.1) is 0 Å². The minimum absolute atomic E-state index is 0.0300. The van der Waals surface area contributed by atoms with Gasteiger partial charge in [0.1, 0.15) is 5.75 Å². The number of phenols is 1. The molecule has 0 saturated carbocycles. The van der Waals surface area contributed by atoms with Crippen LogP contribution in [-0.4, -0.2) is 22.6 Å². The number of rotatable bonds is 3. The highest BCUT2D eigenvalue weighted by molar-refractivity contribution is 5.96. The number of carbonyl (C=O) groups is 1. The Morgan fingerprint density at radius 3 is 2.71 bits per heavy atom. The minimum Gasteiger partial charge on any atom is -0.507 e. The van der Waals surface area contributed by atoms with Crippen LogP contribution in [0, 0.1) is 0 Å². The molecular weight excluding hydrogens is 180 g/mol. The fourth-order valence-corrected chi connectivity index (χ4v) is 1.14. The van der Waals surface area contributed by atoms with Crippen molar-refractivity contribution >= 4 is 11.9 Å². The molecule has 1 aromatic rings. The maximum absolute atomic E-state index is 11.0. The molecule has 14 heavy (non-hydrogen) atoms. The van der Waals surface area contributed by atoms with Crippen LogP contribution in [0.15, 0.2) is 24.3 Å². The van der Waals surface area contributed by atoms with E-state index in [1.165, 1.54) is 13.0 Å². The van der Waals surface area contributed by atoms with Gasteiger partial charge in [-0.2, -0.15) is 0 Å². The summed E-state index contributed by atoms with van der Waals surface area (Å²) in [7, 11) is 0. The third kappa shape index (κ3) is 2.44. The second kappa shape index (κ2) is 4.58. The molecule has 0 saturated heterocycles. The number of benzene rings is 1. The Labute approximate surface area is 82.3 Å². The van der Waals surface area contributed by atoms with E-state index in [1.807, 2.05) is 0 Å². The van der Waals surface area contributed by atoms with Gasteiger partial charge in [-0.1, -0.05) is 18.2 Å². The largest absolute Gasteiger partial charge is 0.507 e. The molecule has 1 rings (SSSR count). The molecule has 0 aliphatic carbocycles. The monoisotopic (exact) mass is 192 g/mol. The van der Waals surface area contributed by atoms with Crippen LogP contribution in [0.5, 0.6) is 5.75 Å². The molecule has 3 heteroatoms. The lowest BCUT2D eigenvalue weighted by Crippen LogP contribution is -1.92. The summed E-state index contributed by atoms with van der Waals surface area (Å²) < 4.78 is 0. The summed E-state index contributed by atoms with van der Waals surface area (Å²) >= 11 is 0. The van der Waals surface area contributed by atoms with Crippen LogP contribution in [0.3, 0.4) is 0 Å². The fourth-order valence-electron chi connectivity index (χ4n) is 1.14. The maximum atomic E-state index is 11.0. The highest BCUT2D eigenvalue weighted by atomic mass is 16.3. The Morgan fingerprint density at radius 1 is 1.50 bits per heavy atom. The van der Waals surface area contributed by atoms with E-state index in [1.54, 1.807) is 24.3 Å². The molecule has 1 aromatic carbocycles. The summed E-state index contributed by atoms with van der Waals surface area (Å²) in [6.45, 7) is 1.35. The zero-order chi connectivity index (χ0) is 10.6. The molecule has 0 amide bonds. The second-order valence-corrected chi connectivity index (χ2v) is 2.92. The number of ketones is 1. The molecule has 74 valence electrons. The Balaban J connectivity index is 3.00. The van der Waals surface area contributed by atoms with E-state index in [9.17, 15) is 9.90 Å². The number of carbonyl (C=O) groups excluding carboxylic acids is 1. The molecule has 0 aliphatic rings. The highest BCUT2D eigenvalue weighted by Gasteiger charge is 2.05. The lowest BCUT2D eigenvalue weighted by Gasteiger charge is -2.01. The van der Waals surface area contributed by atoms with Gasteiger partial charge in [0.15, 0.2) is 5.78 Å². The van der Waals surface area contributed by atoms with Crippen LogP contribution in [-0.2, 0) is 0 Å². The molecule has 0 aliphatic heterocycles. The molecule has 0 unspecified atom stereocenters. The maximum Gasteiger partial charge on any atom is 0.163 e. The smallest absolute Gasteiger partial charge is 0.163 e. The summed E-state index contributed by atoms with van der Waals surface area (Å²) in [5.41, 5.74) is 1.06. The van der Waals surface area contributed by atoms with Crippen LogP contribution in [0.2, 0.25) is 0 Å². The van der Waals surface area contributed by atoms with Crippen LogP contribution in [0.1, 0.15) is 22.8 Å². The van der Waals surface area contributed by atoms with Gasteiger partial charge < -0.3 is 10.2 Å². The van der Waals surface area contributed by atoms with E-state index in [2.05, 4.69) is 0 Å². The average Bonchev–Trinajstić information content (AvgIpc) is 2.14. The van der Waals surface area contributed by atoms with E-state index >= 15 is 0 Å². The number of aromatic hydroxyl groups is 1. The first-order valence-corrected chi connectivity index (χ1v) is 4.26. The summed E-state index contributed by atoms with van der Waals surface area (Å²) in [6, 6.07) is 4.76. The van der Waals surface area contributed by atoms with Gasteiger partial charge in [0.25, 0.3) is 0 Å². The minimum atomic E-state index is -0.166. The molecule has 0 radical (unpaired) electrons. The van der Waals surface area contributed by atoms with Crippen LogP contribution in [0.25, 0.3) is 6.08 Å². The van der Waals surface area contributed by atoms with Crippen LogP contribution in [0.4, 0.5) is 0 Å². The van der Waals surface area contributed by atoms with E-state index in [0.29, 0.717) is 5.56 Å². The number of phenolic OH excluding ortho intramolecular Hbond substituents is 1. The van der Waals surface area contributed by atoms with E-state index in [0.717, 1.165) is 5.56 Å². The normalized spacial score (nSPS) is 10.7. The Morgan fingerprint density at radius 2 is 2.21 bits per heavy atom. The van der Waals surface area contributed by atoms with Crippen LogP contribution < -0.4 is 0 Å². The standard InChI is InChI=1S/C11H12O3/c1-8(13)10-5-4-9(3-2-6-12)7-11(10)14/h2-5,7,12,14H,6H2,1H3. The molecule has 0 spiro atoms. The van der Waals surface area contributed by atoms with Gasteiger partial charge in [0.2, 0.25) is 0 Å². The van der Waals surface area contributed by atoms with Crippen molar-refractivity contribution in [2.24, 2.45) is 0 Å². The van der Waals surface area contributed by atoms with Crippen molar-refractivity contribution in [3.63, 3.8) is 0 Å². The van der Waals surface area contributed by atoms with Crippen LogP contribution >= 0.6 is 0 Å². The lowest BCUT2D eigenvalue weighted by molar-refractivity contribution is 0.101. The average molecular weight is 192 g/mol. The Kier molecular flexibility index (Phi) is 3.42. The first-order chi connectivity index (χ1) is 6.65. The van der Waals surface area contributed by atoms with Gasteiger partial charge in [0, 0.05) is 0 Å². The zero-order valence-electron chi connectivity index (χ0n) is 7.90.